The number of piperazine rings is 1. The first-order valence-corrected chi connectivity index (χ1v) is 9.64. The Morgan fingerprint density at radius 3 is 2.31 bits per heavy atom. The molecule has 1 aromatic heterocycles. The first kappa shape index (κ1) is 21.5. The molecule has 0 bridgehead atoms. The number of carbonyl (C=O) groups is 2. The highest BCUT2D eigenvalue weighted by Crippen LogP contribution is 2.27. The molecule has 0 aliphatic carbocycles. The predicted molar refractivity (Wildman–Crippen MR) is 103 cm³/mol. The zero-order valence-electron chi connectivity index (χ0n) is 16.5. The highest BCUT2D eigenvalue weighted by atomic mass is 35.5. The van der Waals surface area contributed by atoms with Gasteiger partial charge in [-0.1, -0.05) is 11.6 Å². The fourth-order valence-corrected chi connectivity index (χ4v) is 3.31. The Balaban J connectivity index is 1.56. The largest absolute Gasteiger partial charge is 0.444 e. The van der Waals surface area contributed by atoms with Crippen LogP contribution >= 0.6 is 11.6 Å². The second kappa shape index (κ2) is 7.91. The Morgan fingerprint density at radius 1 is 1.17 bits per heavy atom. The minimum Gasteiger partial charge on any atom is -0.444 e. The van der Waals surface area contributed by atoms with E-state index in [4.69, 9.17) is 16.3 Å². The van der Waals surface area contributed by atoms with Crippen LogP contribution in [0.3, 0.4) is 0 Å². The fourth-order valence-electron chi connectivity index (χ4n) is 3.04. The van der Waals surface area contributed by atoms with Crippen LogP contribution in [-0.4, -0.2) is 77.7 Å². The van der Waals surface area contributed by atoms with E-state index >= 15 is 0 Å². The van der Waals surface area contributed by atoms with Crippen molar-refractivity contribution in [2.75, 3.05) is 44.2 Å². The lowest BCUT2D eigenvalue weighted by atomic mass is 10.2. The number of hydrazine groups is 1. The van der Waals surface area contributed by atoms with E-state index in [1.807, 2.05) is 25.7 Å². The van der Waals surface area contributed by atoms with Crippen LogP contribution in [0.25, 0.3) is 0 Å². The Bertz CT molecular complexity index is 786. The van der Waals surface area contributed by atoms with Crippen LogP contribution in [0, 0.1) is 0 Å². The minimum atomic E-state index is -2.77. The summed E-state index contributed by atoms with van der Waals surface area (Å²) in [5.41, 5.74) is 2.51. The first-order valence-electron chi connectivity index (χ1n) is 9.27. The SMILES string of the molecule is CC(C)(C)OC(=O)N1CCN(c2ccc(C(=O)NN3CC(F)(F)C3)nc2Cl)CC1. The molecule has 0 saturated carbocycles. The van der Waals surface area contributed by atoms with E-state index in [0.29, 0.717) is 31.9 Å². The Morgan fingerprint density at radius 2 is 1.79 bits per heavy atom. The highest BCUT2D eigenvalue weighted by molar-refractivity contribution is 6.32. The molecule has 1 aromatic rings. The highest BCUT2D eigenvalue weighted by Gasteiger charge is 2.44. The van der Waals surface area contributed by atoms with E-state index in [-0.39, 0.29) is 16.9 Å². The summed E-state index contributed by atoms with van der Waals surface area (Å²) in [5, 5.41) is 1.26. The number of hydrogen-bond acceptors (Lipinski definition) is 6. The molecule has 0 radical (unpaired) electrons. The topological polar surface area (TPSA) is 78.0 Å². The van der Waals surface area contributed by atoms with Crippen molar-refractivity contribution in [2.45, 2.75) is 32.3 Å². The molecule has 160 valence electrons. The number of halogens is 3. The predicted octanol–water partition coefficient (Wildman–Crippen LogP) is 2.39. The minimum absolute atomic E-state index is 0.0429. The van der Waals surface area contributed by atoms with Gasteiger partial charge in [0.2, 0.25) is 0 Å². The average molecular weight is 432 g/mol. The molecule has 2 fully saturated rings. The lowest BCUT2D eigenvalue weighted by molar-refractivity contribution is -0.144. The van der Waals surface area contributed by atoms with Gasteiger partial charge in [-0.15, -0.1) is 0 Å². The van der Waals surface area contributed by atoms with Gasteiger partial charge < -0.3 is 14.5 Å². The smallest absolute Gasteiger partial charge is 0.410 e. The van der Waals surface area contributed by atoms with Crippen molar-refractivity contribution in [3.8, 4) is 0 Å². The van der Waals surface area contributed by atoms with Gasteiger partial charge in [-0.3, -0.25) is 10.2 Å². The molecule has 2 saturated heterocycles. The van der Waals surface area contributed by atoms with E-state index in [2.05, 4.69) is 10.4 Å². The van der Waals surface area contributed by atoms with E-state index in [1.165, 1.54) is 6.07 Å². The van der Waals surface area contributed by atoms with Crippen LogP contribution in [-0.2, 0) is 4.74 Å². The van der Waals surface area contributed by atoms with Crippen molar-refractivity contribution in [1.82, 2.24) is 20.3 Å². The molecule has 0 aromatic carbocycles. The lowest BCUT2D eigenvalue weighted by Gasteiger charge is -2.38. The van der Waals surface area contributed by atoms with Gasteiger partial charge in [0.15, 0.2) is 5.15 Å². The first-order chi connectivity index (χ1) is 13.4. The average Bonchev–Trinajstić information content (AvgIpc) is 2.58. The van der Waals surface area contributed by atoms with E-state index in [9.17, 15) is 18.4 Å². The van der Waals surface area contributed by atoms with Crippen LogP contribution in [0.15, 0.2) is 12.1 Å². The van der Waals surface area contributed by atoms with E-state index < -0.39 is 30.5 Å². The van der Waals surface area contributed by atoms with Crippen molar-refractivity contribution in [1.29, 1.82) is 0 Å². The maximum Gasteiger partial charge on any atom is 0.410 e. The number of rotatable bonds is 3. The number of nitrogens with zero attached hydrogens (tertiary/aromatic N) is 4. The third-order valence-corrected chi connectivity index (χ3v) is 4.72. The lowest BCUT2D eigenvalue weighted by Crippen LogP contribution is -2.62. The van der Waals surface area contributed by atoms with Crippen molar-refractivity contribution in [3.63, 3.8) is 0 Å². The number of amides is 2. The molecule has 11 heteroatoms. The third kappa shape index (κ3) is 5.45. The van der Waals surface area contributed by atoms with Crippen molar-refractivity contribution in [3.05, 3.63) is 23.0 Å². The van der Waals surface area contributed by atoms with Gasteiger partial charge in [0.25, 0.3) is 11.8 Å². The molecule has 0 spiro atoms. The van der Waals surface area contributed by atoms with Crippen LogP contribution in [0.4, 0.5) is 19.3 Å². The number of carbonyl (C=O) groups excluding carboxylic acids is 2. The number of ether oxygens (including phenoxy) is 1. The van der Waals surface area contributed by atoms with Crippen molar-refractivity contribution in [2.24, 2.45) is 0 Å². The van der Waals surface area contributed by atoms with Gasteiger partial charge in [-0.05, 0) is 32.9 Å². The van der Waals surface area contributed by atoms with Gasteiger partial charge in [0.1, 0.15) is 11.3 Å². The van der Waals surface area contributed by atoms with Gasteiger partial charge >= 0.3 is 6.09 Å². The summed E-state index contributed by atoms with van der Waals surface area (Å²) < 4.78 is 31.1. The molecule has 2 amide bonds. The Hall–Kier alpha value is -2.20. The van der Waals surface area contributed by atoms with Crippen LogP contribution < -0.4 is 10.3 Å². The molecule has 3 heterocycles. The van der Waals surface area contributed by atoms with Crippen LogP contribution in [0.5, 0.6) is 0 Å². The van der Waals surface area contributed by atoms with Crippen molar-refractivity contribution < 1.29 is 23.1 Å². The zero-order chi connectivity index (χ0) is 21.4. The van der Waals surface area contributed by atoms with Gasteiger partial charge in [0, 0.05) is 26.2 Å². The van der Waals surface area contributed by atoms with Crippen LogP contribution in [0.2, 0.25) is 5.15 Å². The summed E-state index contributed by atoms with van der Waals surface area (Å²) in [6, 6.07) is 3.16. The number of pyridine rings is 1. The summed E-state index contributed by atoms with van der Waals surface area (Å²) in [4.78, 5) is 32.0. The molecule has 8 nitrogen and oxygen atoms in total. The second-order valence-electron chi connectivity index (χ2n) is 8.11. The zero-order valence-corrected chi connectivity index (χ0v) is 17.3. The fraction of sp³-hybridized carbons (Fsp3) is 0.611. The molecular weight excluding hydrogens is 408 g/mol. The molecule has 3 rings (SSSR count). The van der Waals surface area contributed by atoms with Gasteiger partial charge in [-0.25, -0.2) is 23.6 Å². The maximum absolute atomic E-state index is 12.9. The summed E-state index contributed by atoms with van der Waals surface area (Å²) in [5.74, 6) is -3.37. The number of aromatic nitrogens is 1. The van der Waals surface area contributed by atoms with E-state index in [1.54, 1.807) is 11.0 Å². The normalized spacial score (nSPS) is 19.5. The van der Waals surface area contributed by atoms with Gasteiger partial charge in [0.05, 0.1) is 18.8 Å². The number of alkyl halides is 2. The van der Waals surface area contributed by atoms with Crippen molar-refractivity contribution >= 4 is 29.3 Å². The monoisotopic (exact) mass is 431 g/mol. The number of nitrogens with one attached hydrogen (secondary N) is 1. The quantitative estimate of drug-likeness (QED) is 0.740. The van der Waals surface area contributed by atoms with E-state index in [0.717, 1.165) is 5.01 Å². The molecule has 0 atom stereocenters. The Kier molecular flexibility index (Phi) is 5.86. The number of anilines is 1. The second-order valence-corrected chi connectivity index (χ2v) is 8.47. The Labute approximate surface area is 172 Å². The van der Waals surface area contributed by atoms with Crippen LogP contribution in [0.1, 0.15) is 31.3 Å². The molecule has 1 N–H and O–H groups in total. The number of hydrogen-bond donors (Lipinski definition) is 1. The molecule has 2 aliphatic rings. The standard InChI is InChI=1S/C18H24ClF2N5O3/c1-17(2,3)29-16(28)25-8-6-24(7-9-25)13-5-4-12(22-14(13)19)15(27)23-26-10-18(20,21)11-26/h4-5H,6-11H2,1-3H3,(H,23,27). The third-order valence-electron chi connectivity index (χ3n) is 4.44. The summed E-state index contributed by atoms with van der Waals surface area (Å²) >= 11 is 6.25. The molecule has 0 unspecified atom stereocenters. The maximum atomic E-state index is 12.9. The van der Waals surface area contributed by atoms with Gasteiger partial charge in [-0.2, -0.15) is 0 Å². The molecular formula is C18H24ClF2N5O3. The summed E-state index contributed by atoms with van der Waals surface area (Å²) in [6.07, 6.45) is -0.357. The summed E-state index contributed by atoms with van der Waals surface area (Å²) in [6.45, 7) is 6.42. The summed E-state index contributed by atoms with van der Waals surface area (Å²) in [7, 11) is 0. The molecule has 29 heavy (non-hydrogen) atoms. The molecule has 2 aliphatic heterocycles.